The van der Waals surface area contributed by atoms with Crippen LogP contribution in [0.25, 0.3) is 0 Å². The van der Waals surface area contributed by atoms with Gasteiger partial charge in [-0.1, -0.05) is 23.7 Å². The molecule has 33 heavy (non-hydrogen) atoms. The minimum atomic E-state index is -0.436. The second-order valence-electron chi connectivity index (χ2n) is 7.20. The quantitative estimate of drug-likeness (QED) is 0.462. The number of para-hydroxylation sites is 1. The molecule has 2 aromatic carbocycles. The molecule has 0 saturated carbocycles. The number of carbonyl (C=O) groups is 3. The summed E-state index contributed by atoms with van der Waals surface area (Å²) in [5.74, 6) is -0.997. The van der Waals surface area contributed by atoms with Crippen LogP contribution in [0.3, 0.4) is 0 Å². The first kappa shape index (κ1) is 22.8. The molecule has 3 amide bonds. The number of rotatable bonds is 6. The van der Waals surface area contributed by atoms with Crippen molar-refractivity contribution in [2.24, 2.45) is 0 Å². The second-order valence-corrected chi connectivity index (χ2v) is 8.91. The van der Waals surface area contributed by atoms with Gasteiger partial charge in [-0.2, -0.15) is 0 Å². The van der Waals surface area contributed by atoms with Gasteiger partial charge in [-0.15, -0.1) is 11.3 Å². The minimum Gasteiger partial charge on any atom is -0.506 e. The van der Waals surface area contributed by atoms with Crippen LogP contribution in [0.15, 0.2) is 54.6 Å². The molecule has 0 unspecified atom stereocenters. The topological polar surface area (TPSA) is 108 Å². The number of phenols is 1. The van der Waals surface area contributed by atoms with Gasteiger partial charge >= 0.3 is 0 Å². The van der Waals surface area contributed by atoms with Crippen molar-refractivity contribution >= 4 is 52.0 Å². The summed E-state index contributed by atoms with van der Waals surface area (Å²) in [6.07, 6.45) is 0. The van der Waals surface area contributed by atoms with Gasteiger partial charge in [0.05, 0.1) is 21.5 Å². The van der Waals surface area contributed by atoms with E-state index in [1.165, 1.54) is 6.07 Å². The monoisotopic (exact) mass is 485 g/mol. The smallest absolute Gasteiger partial charge is 0.261 e. The predicted molar refractivity (Wildman–Crippen MR) is 126 cm³/mol. The highest BCUT2D eigenvalue weighted by Crippen LogP contribution is 2.28. The highest BCUT2D eigenvalue weighted by atomic mass is 35.5. The molecule has 0 atom stereocenters. The Kier molecular flexibility index (Phi) is 6.93. The molecule has 1 saturated heterocycles. The van der Waals surface area contributed by atoms with Crippen molar-refractivity contribution in [3.05, 3.63) is 74.9 Å². The Balaban J connectivity index is 1.45. The number of ether oxygens (including phenoxy) is 1. The van der Waals surface area contributed by atoms with Crippen LogP contribution in [0, 0.1) is 0 Å². The lowest BCUT2D eigenvalue weighted by Crippen LogP contribution is -2.41. The maximum atomic E-state index is 12.8. The standard InChI is InChI=1S/C23H20ClN3O5S/c24-19-9-8-18(33-19)23(31)25-12-15-2-1-3-17(28)21(15)26-22(30)14-4-6-16(7-5-14)27-10-11-32-13-20(27)29/h1-9,28H,10-13H2,(H,25,31)(H,26,30). The first-order chi connectivity index (χ1) is 15.9. The Morgan fingerprint density at radius 1 is 1.09 bits per heavy atom. The predicted octanol–water partition coefficient (Wildman–Crippen LogP) is 3.65. The molecule has 2 heterocycles. The maximum Gasteiger partial charge on any atom is 0.261 e. The number of hydrogen-bond acceptors (Lipinski definition) is 6. The Morgan fingerprint density at radius 2 is 1.88 bits per heavy atom. The molecule has 8 nitrogen and oxygen atoms in total. The van der Waals surface area contributed by atoms with Crippen molar-refractivity contribution < 1.29 is 24.2 Å². The van der Waals surface area contributed by atoms with Crippen molar-refractivity contribution in [1.29, 1.82) is 0 Å². The fourth-order valence-electron chi connectivity index (χ4n) is 3.35. The van der Waals surface area contributed by atoms with Crippen molar-refractivity contribution in [1.82, 2.24) is 5.32 Å². The summed E-state index contributed by atoms with van der Waals surface area (Å²) < 4.78 is 5.64. The fourth-order valence-corrected chi connectivity index (χ4v) is 4.31. The molecule has 3 aromatic rings. The summed E-state index contributed by atoms with van der Waals surface area (Å²) in [7, 11) is 0. The summed E-state index contributed by atoms with van der Waals surface area (Å²) in [6.45, 7) is 1.04. The van der Waals surface area contributed by atoms with Crippen molar-refractivity contribution in [2.75, 3.05) is 30.0 Å². The number of hydrogen-bond donors (Lipinski definition) is 3. The van der Waals surface area contributed by atoms with E-state index in [2.05, 4.69) is 10.6 Å². The van der Waals surface area contributed by atoms with Crippen LogP contribution in [-0.2, 0) is 16.1 Å². The zero-order valence-electron chi connectivity index (χ0n) is 17.3. The van der Waals surface area contributed by atoms with Crippen LogP contribution in [0.1, 0.15) is 25.6 Å². The Bertz CT molecular complexity index is 1200. The van der Waals surface area contributed by atoms with E-state index in [1.54, 1.807) is 53.4 Å². The first-order valence-electron chi connectivity index (χ1n) is 10.1. The highest BCUT2D eigenvalue weighted by molar-refractivity contribution is 7.18. The third-order valence-electron chi connectivity index (χ3n) is 5.03. The van der Waals surface area contributed by atoms with E-state index in [-0.39, 0.29) is 36.4 Å². The molecule has 1 aliphatic rings. The summed E-state index contributed by atoms with van der Waals surface area (Å²) in [6, 6.07) is 14.6. The Morgan fingerprint density at radius 3 is 2.58 bits per heavy atom. The fraction of sp³-hybridized carbons (Fsp3) is 0.174. The number of halogens is 1. The lowest BCUT2D eigenvalue weighted by atomic mass is 10.1. The number of morpholine rings is 1. The van der Waals surface area contributed by atoms with Gasteiger partial charge in [0, 0.05) is 24.3 Å². The molecule has 1 aromatic heterocycles. The average Bonchev–Trinajstić information content (AvgIpc) is 3.26. The van der Waals surface area contributed by atoms with Gasteiger partial charge in [0.25, 0.3) is 17.7 Å². The number of amides is 3. The molecule has 1 aliphatic heterocycles. The van der Waals surface area contributed by atoms with Gasteiger partial charge in [-0.25, -0.2) is 0 Å². The molecule has 10 heteroatoms. The molecule has 170 valence electrons. The van der Waals surface area contributed by atoms with Crippen LogP contribution in [0.4, 0.5) is 11.4 Å². The second kappa shape index (κ2) is 10.0. The molecule has 4 rings (SSSR count). The molecular weight excluding hydrogens is 466 g/mol. The Labute approximate surface area is 198 Å². The van der Waals surface area contributed by atoms with Crippen molar-refractivity contribution in [3.63, 3.8) is 0 Å². The maximum absolute atomic E-state index is 12.8. The SMILES string of the molecule is O=C(Nc1c(O)cccc1CNC(=O)c1ccc(Cl)s1)c1ccc(N2CCOCC2=O)cc1. The number of phenolic OH excluding ortho intramolecular Hbond substituents is 1. The zero-order valence-corrected chi connectivity index (χ0v) is 18.9. The number of benzene rings is 2. The summed E-state index contributed by atoms with van der Waals surface area (Å²) >= 11 is 7.04. The van der Waals surface area contributed by atoms with Crippen LogP contribution < -0.4 is 15.5 Å². The van der Waals surface area contributed by atoms with E-state index in [0.29, 0.717) is 39.2 Å². The number of nitrogens with one attached hydrogen (secondary N) is 2. The first-order valence-corrected chi connectivity index (χ1v) is 11.3. The normalized spacial score (nSPS) is 13.6. The number of aromatic hydroxyl groups is 1. The lowest BCUT2D eigenvalue weighted by Gasteiger charge is -2.26. The molecule has 0 bridgehead atoms. The largest absolute Gasteiger partial charge is 0.506 e. The molecule has 0 radical (unpaired) electrons. The lowest BCUT2D eigenvalue weighted by molar-refractivity contribution is -0.125. The highest BCUT2D eigenvalue weighted by Gasteiger charge is 2.21. The molecule has 0 aliphatic carbocycles. The van der Waals surface area contributed by atoms with E-state index in [0.717, 1.165) is 11.3 Å². The van der Waals surface area contributed by atoms with Gasteiger partial charge in [-0.05, 0) is 48.0 Å². The van der Waals surface area contributed by atoms with Crippen LogP contribution >= 0.6 is 22.9 Å². The van der Waals surface area contributed by atoms with Crippen LogP contribution in [-0.4, -0.2) is 42.6 Å². The third-order valence-corrected chi connectivity index (χ3v) is 6.26. The van der Waals surface area contributed by atoms with Crippen LogP contribution in [0.5, 0.6) is 5.75 Å². The summed E-state index contributed by atoms with van der Waals surface area (Å²) in [5, 5.41) is 15.8. The van der Waals surface area contributed by atoms with E-state index >= 15 is 0 Å². The van der Waals surface area contributed by atoms with Gasteiger partial charge in [0.15, 0.2) is 0 Å². The van der Waals surface area contributed by atoms with Gasteiger partial charge in [0.1, 0.15) is 12.4 Å². The van der Waals surface area contributed by atoms with Crippen molar-refractivity contribution in [2.45, 2.75) is 6.54 Å². The number of carbonyl (C=O) groups excluding carboxylic acids is 3. The van der Waals surface area contributed by atoms with Crippen LogP contribution in [0.2, 0.25) is 4.34 Å². The molecule has 3 N–H and O–H groups in total. The molecular formula is C23H20ClN3O5S. The summed E-state index contributed by atoms with van der Waals surface area (Å²) in [4.78, 5) is 39.2. The number of thiophene rings is 1. The van der Waals surface area contributed by atoms with E-state index in [1.807, 2.05) is 0 Å². The van der Waals surface area contributed by atoms with Gasteiger partial charge in [0.2, 0.25) is 0 Å². The zero-order chi connectivity index (χ0) is 23.4. The Hall–Kier alpha value is -3.40. The van der Waals surface area contributed by atoms with E-state index in [4.69, 9.17) is 16.3 Å². The average molecular weight is 486 g/mol. The van der Waals surface area contributed by atoms with E-state index in [9.17, 15) is 19.5 Å². The van der Waals surface area contributed by atoms with E-state index < -0.39 is 5.91 Å². The number of nitrogens with zero attached hydrogens (tertiary/aromatic N) is 1. The molecule has 1 fully saturated rings. The molecule has 0 spiro atoms. The van der Waals surface area contributed by atoms with Gasteiger partial charge < -0.3 is 25.4 Å². The van der Waals surface area contributed by atoms with Gasteiger partial charge in [-0.3, -0.25) is 14.4 Å². The minimum absolute atomic E-state index is 0.0361. The number of anilines is 2. The summed E-state index contributed by atoms with van der Waals surface area (Å²) in [5.41, 5.74) is 1.78. The third kappa shape index (κ3) is 5.33. The van der Waals surface area contributed by atoms with Crippen molar-refractivity contribution in [3.8, 4) is 5.75 Å².